The number of sulfone groups is 1. The van der Waals surface area contributed by atoms with E-state index in [-0.39, 0.29) is 55.6 Å². The van der Waals surface area contributed by atoms with Gasteiger partial charge in [0, 0.05) is 23.6 Å². The molecule has 0 radical (unpaired) electrons. The van der Waals surface area contributed by atoms with Gasteiger partial charge in [0.2, 0.25) is 9.84 Å². The molecule has 0 aliphatic heterocycles. The van der Waals surface area contributed by atoms with E-state index in [1.807, 2.05) is 0 Å². The monoisotopic (exact) mass is 734 g/mol. The summed E-state index contributed by atoms with van der Waals surface area (Å²) < 4.78 is 108. The maximum absolute atomic E-state index is 12.5. The second-order valence-electron chi connectivity index (χ2n) is 9.56. The van der Waals surface area contributed by atoms with Gasteiger partial charge in [0.15, 0.2) is 6.40 Å². The van der Waals surface area contributed by atoms with Crippen LogP contribution in [0.1, 0.15) is 0 Å². The number of hydrogen-bond acceptors (Lipinski definition) is 16. The molecule has 5 N–H and O–H groups in total. The van der Waals surface area contributed by atoms with Crippen LogP contribution in [0.25, 0.3) is 10.8 Å². The first-order chi connectivity index (χ1) is 22.9. The molecule has 0 bridgehead atoms. The lowest BCUT2D eigenvalue weighted by Crippen LogP contribution is -2.00. The maximum atomic E-state index is 12.5. The Hall–Kier alpha value is -5.48. The summed E-state index contributed by atoms with van der Waals surface area (Å²) in [5, 5.41) is 27.3. The minimum atomic E-state index is -5.05. The molecule has 4 aromatic carbocycles. The molecule has 0 saturated heterocycles. The zero-order valence-electron chi connectivity index (χ0n) is 25.5. The predicted octanol–water partition coefficient (Wildman–Crippen LogP) is 5.69. The standard InChI is InChI=1S/C28H26N6O12S3/c1-5-47(36,37)26-13-23(45-3)20(11-24(26)46-4)32-31-19-12-25(49(41,42)43)21(10-18(19)30-14-44-2)33-34-28-17(29)7-6-15-8-16(48(38,39)40)9-22(35)27(15)28/h5-14,35H,1,29H2,2-4H3,(H,38,39,40)(H,41,42,43). The van der Waals surface area contributed by atoms with Crippen LogP contribution in [0.15, 0.2) is 101 Å². The molecule has 0 unspecified atom stereocenters. The smallest absolute Gasteiger partial charge is 0.296 e. The van der Waals surface area contributed by atoms with Crippen LogP contribution in [0, 0.1) is 0 Å². The normalized spacial score (nSPS) is 12.7. The van der Waals surface area contributed by atoms with E-state index in [9.17, 15) is 39.5 Å². The summed E-state index contributed by atoms with van der Waals surface area (Å²) >= 11 is 0. The van der Waals surface area contributed by atoms with E-state index in [4.69, 9.17) is 19.9 Å². The van der Waals surface area contributed by atoms with Crippen LogP contribution in [0.3, 0.4) is 0 Å². The van der Waals surface area contributed by atoms with E-state index in [1.165, 1.54) is 39.5 Å². The van der Waals surface area contributed by atoms with Gasteiger partial charge in [-0.05, 0) is 29.7 Å². The van der Waals surface area contributed by atoms with Gasteiger partial charge in [0.1, 0.15) is 49.8 Å². The van der Waals surface area contributed by atoms with Crippen molar-refractivity contribution in [2.24, 2.45) is 25.4 Å². The number of nitrogen functional groups attached to an aromatic ring is 1. The molecule has 0 aliphatic carbocycles. The fourth-order valence-corrected chi connectivity index (χ4v) is 6.29. The van der Waals surface area contributed by atoms with Gasteiger partial charge in [-0.1, -0.05) is 12.6 Å². The average Bonchev–Trinajstić information content (AvgIpc) is 3.04. The summed E-state index contributed by atoms with van der Waals surface area (Å²) in [4.78, 5) is 2.35. The number of aromatic hydroxyl groups is 1. The van der Waals surface area contributed by atoms with Crippen molar-refractivity contribution in [2.45, 2.75) is 14.7 Å². The number of hydrogen-bond donors (Lipinski definition) is 4. The first-order valence-corrected chi connectivity index (χ1v) is 17.6. The first-order valence-electron chi connectivity index (χ1n) is 13.2. The van der Waals surface area contributed by atoms with Crippen molar-refractivity contribution in [3.05, 3.63) is 60.5 Å². The van der Waals surface area contributed by atoms with Gasteiger partial charge in [0.05, 0.1) is 43.0 Å². The lowest BCUT2D eigenvalue weighted by atomic mass is 10.1. The number of fused-ring (bicyclic) bond motifs is 1. The zero-order chi connectivity index (χ0) is 36.3. The van der Waals surface area contributed by atoms with Gasteiger partial charge in [-0.15, -0.1) is 20.5 Å². The summed E-state index contributed by atoms with van der Waals surface area (Å²) in [5.74, 6) is -0.841. The highest BCUT2D eigenvalue weighted by Crippen LogP contribution is 2.44. The highest BCUT2D eigenvalue weighted by molar-refractivity contribution is 7.94. The van der Waals surface area contributed by atoms with Crippen LogP contribution in [-0.4, -0.2) is 67.2 Å². The third-order valence-electron chi connectivity index (χ3n) is 6.52. The molecule has 4 aromatic rings. The number of benzene rings is 4. The largest absolute Gasteiger partial charge is 0.507 e. The Morgan fingerprint density at radius 1 is 0.735 bits per heavy atom. The van der Waals surface area contributed by atoms with Crippen molar-refractivity contribution in [3.63, 3.8) is 0 Å². The highest BCUT2D eigenvalue weighted by atomic mass is 32.2. The molecule has 4 rings (SSSR count). The quantitative estimate of drug-likeness (QED) is 0.0448. The molecule has 0 amide bonds. The molecule has 0 saturated carbocycles. The van der Waals surface area contributed by atoms with Gasteiger partial charge in [-0.3, -0.25) is 9.11 Å². The topological polar surface area (TPSA) is 279 Å². The van der Waals surface area contributed by atoms with Crippen molar-refractivity contribution >= 4 is 81.4 Å². The lowest BCUT2D eigenvalue weighted by Gasteiger charge is -2.11. The Labute approximate surface area is 279 Å². The number of phenolic OH excluding ortho intramolecular Hbond substituents is 1. The Kier molecular flexibility index (Phi) is 10.3. The molecule has 0 aromatic heterocycles. The van der Waals surface area contributed by atoms with Crippen LogP contribution in [0.5, 0.6) is 17.2 Å². The molecule has 18 nitrogen and oxygen atoms in total. The number of anilines is 1. The van der Waals surface area contributed by atoms with Crippen LogP contribution in [0.4, 0.5) is 34.1 Å². The van der Waals surface area contributed by atoms with E-state index in [0.717, 1.165) is 42.1 Å². The number of ether oxygens (including phenoxy) is 3. The van der Waals surface area contributed by atoms with Crippen LogP contribution in [0.2, 0.25) is 0 Å². The lowest BCUT2D eigenvalue weighted by molar-refractivity contribution is 0.393. The number of aliphatic imine (C=N–C) groups is 1. The van der Waals surface area contributed by atoms with Gasteiger partial charge in [0.25, 0.3) is 20.2 Å². The average molecular weight is 735 g/mol. The maximum Gasteiger partial charge on any atom is 0.296 e. The molecule has 0 aliphatic rings. The van der Waals surface area contributed by atoms with E-state index >= 15 is 0 Å². The number of azo groups is 2. The van der Waals surface area contributed by atoms with Gasteiger partial charge >= 0.3 is 0 Å². The second kappa shape index (κ2) is 13.9. The molecule has 49 heavy (non-hydrogen) atoms. The highest BCUT2D eigenvalue weighted by Gasteiger charge is 2.23. The Bertz CT molecular complexity index is 2410. The fraction of sp³-hybridized carbons (Fsp3) is 0.107. The third-order valence-corrected chi connectivity index (χ3v) is 9.60. The first kappa shape index (κ1) is 36.4. The molecule has 0 atom stereocenters. The van der Waals surface area contributed by atoms with Gasteiger partial charge in [-0.25, -0.2) is 13.4 Å². The SMILES string of the molecule is C=CS(=O)(=O)c1cc(OC)c(N=Nc2cc(S(=O)(=O)O)c(N=Nc3c(N)ccc4cc(S(=O)(=O)O)cc(O)c34)cc2N=COC)cc1OC. The van der Waals surface area contributed by atoms with Crippen LogP contribution < -0.4 is 15.2 Å². The predicted molar refractivity (Wildman–Crippen MR) is 177 cm³/mol. The third kappa shape index (κ3) is 7.81. The van der Waals surface area contributed by atoms with E-state index < -0.39 is 51.3 Å². The second-order valence-corrected chi connectivity index (χ2v) is 14.2. The molecule has 0 spiro atoms. The number of phenols is 1. The Balaban J connectivity index is 1.92. The molecular formula is C28H26N6O12S3. The van der Waals surface area contributed by atoms with Gasteiger partial charge in [-0.2, -0.15) is 16.8 Å². The summed E-state index contributed by atoms with van der Waals surface area (Å²) in [6.07, 6.45) is 0.967. The molecule has 0 heterocycles. The minimum absolute atomic E-state index is 0.0513. The molecule has 258 valence electrons. The zero-order valence-corrected chi connectivity index (χ0v) is 28.0. The van der Waals surface area contributed by atoms with E-state index in [0.29, 0.717) is 0 Å². The van der Waals surface area contributed by atoms with Crippen molar-refractivity contribution in [1.82, 2.24) is 0 Å². The number of rotatable bonds is 12. The molecule has 0 fully saturated rings. The minimum Gasteiger partial charge on any atom is -0.507 e. The Morgan fingerprint density at radius 2 is 1.39 bits per heavy atom. The van der Waals surface area contributed by atoms with Crippen molar-refractivity contribution in [1.29, 1.82) is 0 Å². The number of nitrogens with zero attached hydrogens (tertiary/aromatic N) is 5. The van der Waals surface area contributed by atoms with Crippen molar-refractivity contribution < 1.29 is 53.7 Å². The van der Waals surface area contributed by atoms with E-state index in [2.05, 4.69) is 32.0 Å². The summed E-state index contributed by atoms with van der Waals surface area (Å²) in [6, 6.07) is 8.68. The van der Waals surface area contributed by atoms with Gasteiger partial charge < -0.3 is 25.1 Å². The fourth-order valence-electron chi connectivity index (χ4n) is 4.25. The Morgan fingerprint density at radius 3 is 1.98 bits per heavy atom. The summed E-state index contributed by atoms with van der Waals surface area (Å²) in [7, 11) is -9.97. The van der Waals surface area contributed by atoms with Crippen LogP contribution >= 0.6 is 0 Å². The molecular weight excluding hydrogens is 709 g/mol. The van der Waals surface area contributed by atoms with E-state index in [1.54, 1.807) is 0 Å². The summed E-state index contributed by atoms with van der Waals surface area (Å²) in [5.41, 5.74) is 4.84. The van der Waals surface area contributed by atoms with Crippen molar-refractivity contribution in [3.8, 4) is 17.2 Å². The van der Waals surface area contributed by atoms with Crippen molar-refractivity contribution in [2.75, 3.05) is 27.1 Å². The number of methoxy groups -OCH3 is 3. The van der Waals surface area contributed by atoms with Crippen LogP contribution in [-0.2, 0) is 34.8 Å². The number of nitrogens with two attached hydrogens (primary N) is 1. The molecule has 21 heteroatoms. The summed E-state index contributed by atoms with van der Waals surface area (Å²) in [6.45, 7) is 3.29.